The van der Waals surface area contributed by atoms with Crippen molar-refractivity contribution in [3.05, 3.63) is 28.2 Å². The number of carbonyl (C=O) groups is 1. The molecule has 2 rings (SSSR count). The van der Waals surface area contributed by atoms with Gasteiger partial charge in [0.05, 0.1) is 17.5 Å². The molecule has 2 N–H and O–H groups in total. The Bertz CT molecular complexity index is 492. The smallest absolute Gasteiger partial charge is 0.306 e. The van der Waals surface area contributed by atoms with E-state index in [0.717, 1.165) is 54.6 Å². The summed E-state index contributed by atoms with van der Waals surface area (Å²) in [7, 11) is 1.65. The molecule has 5 heteroatoms. The van der Waals surface area contributed by atoms with Crippen LogP contribution in [0.1, 0.15) is 31.2 Å². The Labute approximate surface area is 134 Å². The average Bonchev–Trinajstić information content (AvgIpc) is 2.48. The van der Waals surface area contributed by atoms with Gasteiger partial charge in [-0.2, -0.15) is 0 Å². The molecule has 0 heterocycles. The van der Waals surface area contributed by atoms with E-state index in [4.69, 9.17) is 4.74 Å². The molecule has 2 unspecified atom stereocenters. The number of ether oxygens (including phenoxy) is 1. The first-order chi connectivity index (χ1) is 10.1. The van der Waals surface area contributed by atoms with Crippen molar-refractivity contribution in [3.63, 3.8) is 0 Å². The van der Waals surface area contributed by atoms with Gasteiger partial charge in [-0.1, -0.05) is 18.9 Å². The molecular formula is C16H22BrNO3. The van der Waals surface area contributed by atoms with Crippen LogP contribution in [-0.4, -0.2) is 24.7 Å². The lowest BCUT2D eigenvalue weighted by Gasteiger charge is -2.28. The maximum absolute atomic E-state index is 11.3. The second-order valence-electron chi connectivity index (χ2n) is 5.59. The van der Waals surface area contributed by atoms with E-state index in [1.165, 1.54) is 0 Å². The lowest BCUT2D eigenvalue weighted by molar-refractivity contribution is -0.144. The largest absolute Gasteiger partial charge is 0.496 e. The molecule has 116 valence electrons. The van der Waals surface area contributed by atoms with Gasteiger partial charge in [0.2, 0.25) is 0 Å². The van der Waals surface area contributed by atoms with Gasteiger partial charge in [-0.15, -0.1) is 0 Å². The van der Waals surface area contributed by atoms with Crippen molar-refractivity contribution in [1.82, 2.24) is 5.32 Å². The topological polar surface area (TPSA) is 58.6 Å². The summed E-state index contributed by atoms with van der Waals surface area (Å²) in [5.74, 6) is 0.234. The highest BCUT2D eigenvalue weighted by Gasteiger charge is 2.30. The fourth-order valence-corrected chi connectivity index (χ4v) is 3.59. The maximum atomic E-state index is 11.3. The van der Waals surface area contributed by atoms with Crippen LogP contribution in [0.5, 0.6) is 5.75 Å². The van der Waals surface area contributed by atoms with E-state index in [-0.39, 0.29) is 11.8 Å². The Morgan fingerprint density at radius 3 is 2.86 bits per heavy atom. The SMILES string of the molecule is COc1ccc(CNCC2CCCCC2C(=O)O)cc1Br. The number of hydrogen-bond donors (Lipinski definition) is 2. The van der Waals surface area contributed by atoms with Crippen molar-refractivity contribution >= 4 is 21.9 Å². The quantitative estimate of drug-likeness (QED) is 0.820. The van der Waals surface area contributed by atoms with Gasteiger partial charge >= 0.3 is 5.97 Å². The summed E-state index contributed by atoms with van der Waals surface area (Å²) in [6, 6.07) is 5.98. The lowest BCUT2D eigenvalue weighted by Crippen LogP contribution is -2.34. The van der Waals surface area contributed by atoms with E-state index >= 15 is 0 Å². The summed E-state index contributed by atoms with van der Waals surface area (Å²) < 4.78 is 6.14. The number of carboxylic acids is 1. The number of hydrogen-bond acceptors (Lipinski definition) is 3. The minimum absolute atomic E-state index is 0.186. The fourth-order valence-electron chi connectivity index (χ4n) is 3.00. The Morgan fingerprint density at radius 2 is 2.19 bits per heavy atom. The first kappa shape index (κ1) is 16.3. The highest BCUT2D eigenvalue weighted by Crippen LogP contribution is 2.30. The van der Waals surface area contributed by atoms with Crippen LogP contribution in [0.25, 0.3) is 0 Å². The van der Waals surface area contributed by atoms with E-state index in [0.29, 0.717) is 0 Å². The fraction of sp³-hybridized carbons (Fsp3) is 0.562. The predicted molar refractivity (Wildman–Crippen MR) is 85.5 cm³/mol. The normalized spacial score (nSPS) is 22.0. The van der Waals surface area contributed by atoms with Crippen LogP contribution in [0.15, 0.2) is 22.7 Å². The Hall–Kier alpha value is -1.07. The van der Waals surface area contributed by atoms with Gasteiger partial charge in [0, 0.05) is 6.54 Å². The maximum Gasteiger partial charge on any atom is 0.306 e. The van der Waals surface area contributed by atoms with Crippen molar-refractivity contribution in [2.24, 2.45) is 11.8 Å². The molecule has 0 amide bonds. The molecule has 1 aromatic rings. The number of aliphatic carboxylic acids is 1. The molecule has 0 aromatic heterocycles. The first-order valence-corrected chi connectivity index (χ1v) is 8.17. The lowest BCUT2D eigenvalue weighted by atomic mass is 9.79. The van der Waals surface area contributed by atoms with E-state index in [1.54, 1.807) is 7.11 Å². The molecule has 0 aliphatic heterocycles. The van der Waals surface area contributed by atoms with E-state index in [1.807, 2.05) is 18.2 Å². The summed E-state index contributed by atoms with van der Waals surface area (Å²) in [5, 5.41) is 12.7. The van der Waals surface area contributed by atoms with Crippen molar-refractivity contribution in [3.8, 4) is 5.75 Å². The number of nitrogens with one attached hydrogen (secondary N) is 1. The Morgan fingerprint density at radius 1 is 1.43 bits per heavy atom. The molecule has 1 aliphatic rings. The Balaban J connectivity index is 1.85. The van der Waals surface area contributed by atoms with Crippen LogP contribution >= 0.6 is 15.9 Å². The summed E-state index contributed by atoms with van der Waals surface area (Å²) in [5.41, 5.74) is 1.16. The molecule has 0 bridgehead atoms. The zero-order valence-electron chi connectivity index (χ0n) is 12.3. The van der Waals surface area contributed by atoms with Crippen molar-refractivity contribution in [1.29, 1.82) is 0 Å². The number of halogens is 1. The van der Waals surface area contributed by atoms with Gasteiger partial charge in [-0.25, -0.2) is 0 Å². The zero-order chi connectivity index (χ0) is 15.2. The van der Waals surface area contributed by atoms with Gasteiger partial charge in [0.15, 0.2) is 0 Å². The van der Waals surface area contributed by atoms with E-state index in [2.05, 4.69) is 21.2 Å². The van der Waals surface area contributed by atoms with Crippen molar-refractivity contribution in [2.45, 2.75) is 32.2 Å². The molecule has 0 radical (unpaired) electrons. The average molecular weight is 356 g/mol. The zero-order valence-corrected chi connectivity index (χ0v) is 13.9. The highest BCUT2D eigenvalue weighted by molar-refractivity contribution is 9.10. The van der Waals surface area contributed by atoms with Crippen LogP contribution in [0.2, 0.25) is 0 Å². The molecule has 1 aromatic carbocycles. The summed E-state index contributed by atoms with van der Waals surface area (Å²) in [6.45, 7) is 1.51. The van der Waals surface area contributed by atoms with Crippen LogP contribution in [-0.2, 0) is 11.3 Å². The van der Waals surface area contributed by atoms with Gasteiger partial charge in [-0.05, 0) is 58.9 Å². The Kier molecular flexibility index (Phi) is 6.06. The van der Waals surface area contributed by atoms with Crippen LogP contribution < -0.4 is 10.1 Å². The summed E-state index contributed by atoms with van der Waals surface area (Å²) in [6.07, 6.45) is 4.01. The number of carboxylic acid groups (broad SMARTS) is 1. The van der Waals surface area contributed by atoms with E-state index in [9.17, 15) is 9.90 Å². The number of benzene rings is 1. The molecule has 21 heavy (non-hydrogen) atoms. The van der Waals surface area contributed by atoms with Crippen molar-refractivity contribution in [2.75, 3.05) is 13.7 Å². The van der Waals surface area contributed by atoms with Crippen LogP contribution in [0.4, 0.5) is 0 Å². The van der Waals surface area contributed by atoms with Gasteiger partial charge in [0.25, 0.3) is 0 Å². The van der Waals surface area contributed by atoms with E-state index < -0.39 is 5.97 Å². The number of rotatable bonds is 6. The third kappa shape index (κ3) is 4.45. The number of methoxy groups -OCH3 is 1. The van der Waals surface area contributed by atoms with Crippen LogP contribution in [0, 0.1) is 11.8 Å². The summed E-state index contributed by atoms with van der Waals surface area (Å²) >= 11 is 3.47. The first-order valence-electron chi connectivity index (χ1n) is 7.37. The summed E-state index contributed by atoms with van der Waals surface area (Å²) in [4.78, 5) is 11.3. The highest BCUT2D eigenvalue weighted by atomic mass is 79.9. The third-order valence-electron chi connectivity index (χ3n) is 4.18. The minimum Gasteiger partial charge on any atom is -0.496 e. The second-order valence-corrected chi connectivity index (χ2v) is 6.44. The van der Waals surface area contributed by atoms with Gasteiger partial charge < -0.3 is 15.2 Å². The molecule has 0 saturated heterocycles. The molecule has 0 spiro atoms. The minimum atomic E-state index is -0.645. The molecule has 1 aliphatic carbocycles. The second kappa shape index (κ2) is 7.80. The molecule has 2 atom stereocenters. The van der Waals surface area contributed by atoms with Gasteiger partial charge in [-0.3, -0.25) is 4.79 Å². The molecular weight excluding hydrogens is 334 g/mol. The molecule has 1 fully saturated rings. The van der Waals surface area contributed by atoms with Crippen molar-refractivity contribution < 1.29 is 14.6 Å². The molecule has 4 nitrogen and oxygen atoms in total. The standard InChI is InChI=1S/C16H22BrNO3/c1-21-15-7-6-11(8-14(15)17)9-18-10-12-4-2-3-5-13(12)16(19)20/h6-8,12-13,18H,2-5,9-10H2,1H3,(H,19,20). The monoisotopic (exact) mass is 355 g/mol. The van der Waals surface area contributed by atoms with Crippen LogP contribution in [0.3, 0.4) is 0 Å². The van der Waals surface area contributed by atoms with Gasteiger partial charge in [0.1, 0.15) is 5.75 Å². The predicted octanol–water partition coefficient (Wildman–Crippen LogP) is 3.44. The third-order valence-corrected chi connectivity index (χ3v) is 4.80. The molecule has 1 saturated carbocycles.